The van der Waals surface area contributed by atoms with E-state index < -0.39 is 10.0 Å². The van der Waals surface area contributed by atoms with Gasteiger partial charge >= 0.3 is 0 Å². The molecule has 0 aliphatic carbocycles. The molecule has 1 amide bonds. The number of sulfonamides is 1. The molecule has 2 unspecified atom stereocenters. The van der Waals surface area contributed by atoms with Gasteiger partial charge in [0.15, 0.2) is 0 Å². The van der Waals surface area contributed by atoms with Crippen molar-refractivity contribution in [1.82, 2.24) is 14.9 Å². The predicted molar refractivity (Wildman–Crippen MR) is 68.6 cm³/mol. The van der Waals surface area contributed by atoms with E-state index >= 15 is 0 Å². The Bertz CT molecular complexity index is 404. The van der Waals surface area contributed by atoms with Crippen LogP contribution in [0.3, 0.4) is 0 Å². The smallest absolute Gasteiger partial charge is 0.227 e. The fraction of sp³-hybridized carbons (Fsp3) is 0.909. The van der Waals surface area contributed by atoms with Crippen LogP contribution in [-0.2, 0) is 14.8 Å². The van der Waals surface area contributed by atoms with Crippen molar-refractivity contribution < 1.29 is 13.2 Å². The van der Waals surface area contributed by atoms with E-state index in [1.54, 1.807) is 0 Å². The highest BCUT2D eigenvalue weighted by Crippen LogP contribution is 2.17. The molecule has 2 aliphatic rings. The second kappa shape index (κ2) is 5.54. The molecule has 6 nitrogen and oxygen atoms in total. The Balaban J connectivity index is 1.91. The molecule has 0 aromatic rings. The fourth-order valence-electron chi connectivity index (χ4n) is 2.70. The minimum atomic E-state index is -3.19. The van der Waals surface area contributed by atoms with E-state index in [2.05, 4.69) is 10.0 Å². The number of hydrogen-bond acceptors (Lipinski definition) is 4. The number of carbonyl (C=O) groups is 1. The Morgan fingerprint density at radius 1 is 1.39 bits per heavy atom. The molecule has 2 rings (SSSR count). The summed E-state index contributed by atoms with van der Waals surface area (Å²) in [5.41, 5.74) is 0. The predicted octanol–water partition coefficient (Wildman–Crippen LogP) is -0.864. The van der Waals surface area contributed by atoms with Crippen LogP contribution in [0, 0.1) is 5.92 Å². The number of likely N-dealkylation sites (tertiary alicyclic amines) is 1. The molecule has 0 aromatic carbocycles. The zero-order valence-electron chi connectivity index (χ0n) is 10.7. The van der Waals surface area contributed by atoms with Crippen LogP contribution >= 0.6 is 0 Å². The summed E-state index contributed by atoms with van der Waals surface area (Å²) in [6.45, 7) is 2.90. The van der Waals surface area contributed by atoms with Crippen molar-refractivity contribution in [3.8, 4) is 0 Å². The highest BCUT2D eigenvalue weighted by molar-refractivity contribution is 7.88. The average Bonchev–Trinajstić information content (AvgIpc) is 2.79. The van der Waals surface area contributed by atoms with Crippen LogP contribution < -0.4 is 10.0 Å². The van der Waals surface area contributed by atoms with Crippen molar-refractivity contribution in [2.75, 3.05) is 32.4 Å². The summed E-state index contributed by atoms with van der Waals surface area (Å²) in [6, 6.07) is -0.132. The van der Waals surface area contributed by atoms with E-state index in [-0.39, 0.29) is 17.9 Å². The Morgan fingerprint density at radius 2 is 2.17 bits per heavy atom. The second-order valence-corrected chi connectivity index (χ2v) is 6.98. The second-order valence-electron chi connectivity index (χ2n) is 5.20. The van der Waals surface area contributed by atoms with Crippen molar-refractivity contribution in [2.45, 2.75) is 25.3 Å². The summed E-state index contributed by atoms with van der Waals surface area (Å²) in [5, 5.41) is 3.18. The monoisotopic (exact) mass is 275 g/mol. The van der Waals surface area contributed by atoms with Gasteiger partial charge in [0, 0.05) is 25.7 Å². The summed E-state index contributed by atoms with van der Waals surface area (Å²) in [7, 11) is -3.19. The number of amides is 1. The summed E-state index contributed by atoms with van der Waals surface area (Å²) in [6.07, 6.45) is 3.72. The first-order chi connectivity index (χ1) is 8.46. The molecular weight excluding hydrogens is 254 g/mol. The lowest BCUT2D eigenvalue weighted by Gasteiger charge is -2.34. The van der Waals surface area contributed by atoms with Crippen molar-refractivity contribution in [3.05, 3.63) is 0 Å². The molecule has 18 heavy (non-hydrogen) atoms. The van der Waals surface area contributed by atoms with Gasteiger partial charge in [-0.15, -0.1) is 0 Å². The van der Waals surface area contributed by atoms with Crippen molar-refractivity contribution in [3.63, 3.8) is 0 Å². The maximum atomic E-state index is 12.2. The molecule has 0 radical (unpaired) electrons. The summed E-state index contributed by atoms with van der Waals surface area (Å²) in [4.78, 5) is 14.0. The van der Waals surface area contributed by atoms with E-state index in [1.807, 2.05) is 4.90 Å². The normalized spacial score (nSPS) is 29.5. The standard InChI is InChI=1S/C11H21N3O3S/c1-18(16,17)13-10-3-2-6-14(8-10)11(15)9-4-5-12-7-9/h9-10,12-13H,2-8H2,1H3. The molecule has 0 bridgehead atoms. The van der Waals surface area contributed by atoms with Crippen LogP contribution in [0.4, 0.5) is 0 Å². The van der Waals surface area contributed by atoms with E-state index in [0.717, 1.165) is 45.2 Å². The van der Waals surface area contributed by atoms with Gasteiger partial charge in [0.05, 0.1) is 12.2 Å². The van der Waals surface area contributed by atoms with Gasteiger partial charge in [-0.05, 0) is 25.8 Å². The first-order valence-electron chi connectivity index (χ1n) is 6.42. The van der Waals surface area contributed by atoms with Gasteiger partial charge in [0.25, 0.3) is 0 Å². The number of carbonyl (C=O) groups excluding carboxylic acids is 1. The van der Waals surface area contributed by atoms with Crippen LogP contribution in [0.2, 0.25) is 0 Å². The fourth-order valence-corrected chi connectivity index (χ4v) is 3.50. The lowest BCUT2D eigenvalue weighted by molar-refractivity contribution is -0.136. The summed E-state index contributed by atoms with van der Waals surface area (Å²) >= 11 is 0. The molecule has 0 aromatic heterocycles. The zero-order valence-corrected chi connectivity index (χ0v) is 11.5. The highest BCUT2D eigenvalue weighted by Gasteiger charge is 2.31. The third-order valence-corrected chi connectivity index (χ3v) is 4.28. The van der Waals surface area contributed by atoms with Crippen LogP contribution in [0.15, 0.2) is 0 Å². The van der Waals surface area contributed by atoms with E-state index in [1.165, 1.54) is 0 Å². The third-order valence-electron chi connectivity index (χ3n) is 3.52. The first-order valence-corrected chi connectivity index (χ1v) is 8.31. The number of rotatable bonds is 3. The van der Waals surface area contributed by atoms with Crippen LogP contribution in [0.5, 0.6) is 0 Å². The van der Waals surface area contributed by atoms with Gasteiger partial charge in [-0.3, -0.25) is 4.79 Å². The molecule has 2 heterocycles. The highest BCUT2D eigenvalue weighted by atomic mass is 32.2. The first kappa shape index (κ1) is 13.8. The van der Waals surface area contributed by atoms with Crippen molar-refractivity contribution in [2.24, 2.45) is 5.92 Å². The Hall–Kier alpha value is -0.660. The number of piperidine rings is 1. The van der Waals surface area contributed by atoms with Gasteiger partial charge in [-0.25, -0.2) is 13.1 Å². The topological polar surface area (TPSA) is 78.5 Å². The summed E-state index contributed by atoms with van der Waals surface area (Å²) < 4.78 is 25.0. The van der Waals surface area contributed by atoms with Crippen LogP contribution in [-0.4, -0.2) is 57.7 Å². The largest absolute Gasteiger partial charge is 0.341 e. The number of hydrogen-bond donors (Lipinski definition) is 2. The van der Waals surface area contributed by atoms with Crippen molar-refractivity contribution >= 4 is 15.9 Å². The van der Waals surface area contributed by atoms with E-state index in [0.29, 0.717) is 6.54 Å². The SMILES string of the molecule is CS(=O)(=O)NC1CCCN(C(=O)C2CCNC2)C1. The Kier molecular flexibility index (Phi) is 4.24. The molecule has 2 N–H and O–H groups in total. The molecular formula is C11H21N3O3S. The lowest BCUT2D eigenvalue weighted by atomic mass is 10.0. The maximum Gasteiger partial charge on any atom is 0.227 e. The van der Waals surface area contributed by atoms with Gasteiger partial charge in [-0.1, -0.05) is 0 Å². The molecule has 2 fully saturated rings. The molecule has 104 valence electrons. The minimum absolute atomic E-state index is 0.0713. The summed E-state index contributed by atoms with van der Waals surface area (Å²) in [5.74, 6) is 0.238. The molecule has 2 saturated heterocycles. The molecule has 2 aliphatic heterocycles. The zero-order chi connectivity index (χ0) is 13.2. The molecule has 7 heteroatoms. The van der Waals surface area contributed by atoms with Gasteiger partial charge in [-0.2, -0.15) is 0 Å². The molecule has 2 atom stereocenters. The Morgan fingerprint density at radius 3 is 2.78 bits per heavy atom. The van der Waals surface area contributed by atoms with Crippen LogP contribution in [0.25, 0.3) is 0 Å². The van der Waals surface area contributed by atoms with Gasteiger partial charge in [0.1, 0.15) is 0 Å². The quantitative estimate of drug-likeness (QED) is 0.702. The maximum absolute atomic E-state index is 12.2. The minimum Gasteiger partial charge on any atom is -0.341 e. The van der Waals surface area contributed by atoms with E-state index in [4.69, 9.17) is 0 Å². The Labute approximate surface area is 108 Å². The average molecular weight is 275 g/mol. The van der Waals surface area contributed by atoms with Crippen LogP contribution in [0.1, 0.15) is 19.3 Å². The van der Waals surface area contributed by atoms with E-state index in [9.17, 15) is 13.2 Å². The number of nitrogens with zero attached hydrogens (tertiary/aromatic N) is 1. The third kappa shape index (κ3) is 3.66. The van der Waals surface area contributed by atoms with Gasteiger partial charge < -0.3 is 10.2 Å². The molecule has 0 spiro atoms. The number of nitrogens with one attached hydrogen (secondary N) is 2. The lowest BCUT2D eigenvalue weighted by Crippen LogP contribution is -2.50. The van der Waals surface area contributed by atoms with Crippen molar-refractivity contribution in [1.29, 1.82) is 0 Å². The molecule has 0 saturated carbocycles. The van der Waals surface area contributed by atoms with Gasteiger partial charge in [0.2, 0.25) is 15.9 Å².